The molecule has 1 aliphatic heterocycles. The second-order valence-electron chi connectivity index (χ2n) is 6.06. The lowest BCUT2D eigenvalue weighted by molar-refractivity contribution is -0.135. The van der Waals surface area contributed by atoms with Gasteiger partial charge in [-0.1, -0.05) is 17.7 Å². The van der Waals surface area contributed by atoms with Crippen molar-refractivity contribution in [3.63, 3.8) is 0 Å². The third kappa shape index (κ3) is 5.58. The minimum atomic E-state index is -0.234. The number of carbonyl (C=O) groups excluding carboxylic acids is 2. The fraction of sp³-hybridized carbons (Fsp3) is 0.500. The molecule has 0 bridgehead atoms. The molecule has 0 atom stereocenters. The molecule has 2 rings (SSSR count). The number of hydrogen-bond donors (Lipinski definition) is 1. The highest BCUT2D eigenvalue weighted by atomic mass is 16.5. The molecule has 0 saturated carbocycles. The molecule has 6 nitrogen and oxygen atoms in total. The molecule has 0 aliphatic carbocycles. The number of nitrogens with one attached hydrogen (secondary N) is 1. The smallest absolute Gasteiger partial charge is 0.260 e. The van der Waals surface area contributed by atoms with Gasteiger partial charge in [0.15, 0.2) is 6.61 Å². The third-order valence-corrected chi connectivity index (χ3v) is 4.18. The van der Waals surface area contributed by atoms with Gasteiger partial charge in [-0.15, -0.1) is 0 Å². The molecule has 0 unspecified atom stereocenters. The highest BCUT2D eigenvalue weighted by molar-refractivity contribution is 5.78. The molecule has 6 heteroatoms. The van der Waals surface area contributed by atoms with Gasteiger partial charge >= 0.3 is 0 Å². The summed E-state index contributed by atoms with van der Waals surface area (Å²) in [7, 11) is 0. The van der Waals surface area contributed by atoms with Crippen molar-refractivity contribution in [2.45, 2.75) is 26.2 Å². The van der Waals surface area contributed by atoms with Crippen LogP contribution >= 0.6 is 0 Å². The molecule has 0 aromatic heterocycles. The molecule has 1 aliphatic rings. The van der Waals surface area contributed by atoms with Crippen LogP contribution in [-0.2, 0) is 9.59 Å². The van der Waals surface area contributed by atoms with E-state index >= 15 is 0 Å². The Balaban J connectivity index is 1.68. The summed E-state index contributed by atoms with van der Waals surface area (Å²) in [6.07, 6.45) is 1.60. The maximum Gasteiger partial charge on any atom is 0.260 e. The van der Waals surface area contributed by atoms with Crippen molar-refractivity contribution >= 4 is 11.8 Å². The summed E-state index contributed by atoms with van der Waals surface area (Å²) >= 11 is 0. The van der Waals surface area contributed by atoms with Crippen molar-refractivity contribution in [2.75, 3.05) is 26.2 Å². The fourth-order valence-electron chi connectivity index (χ4n) is 2.65. The molecule has 2 amide bonds. The second kappa shape index (κ2) is 8.92. The molecule has 1 saturated heterocycles. The number of hydrogen-bond acceptors (Lipinski definition) is 4. The second-order valence-corrected chi connectivity index (χ2v) is 6.06. The van der Waals surface area contributed by atoms with Crippen LogP contribution in [0.4, 0.5) is 0 Å². The summed E-state index contributed by atoms with van der Waals surface area (Å²) in [5.41, 5.74) is 1.15. The monoisotopic (exact) mass is 329 g/mol. The van der Waals surface area contributed by atoms with Crippen molar-refractivity contribution in [1.82, 2.24) is 10.2 Å². The number of nitrogens with zero attached hydrogens (tertiary/aromatic N) is 2. The lowest BCUT2D eigenvalue weighted by Crippen LogP contribution is -2.43. The van der Waals surface area contributed by atoms with Crippen LogP contribution in [0.2, 0.25) is 0 Å². The number of amides is 2. The summed E-state index contributed by atoms with van der Waals surface area (Å²) in [6.45, 7) is 3.97. The van der Waals surface area contributed by atoms with Crippen molar-refractivity contribution < 1.29 is 14.3 Å². The Kier molecular flexibility index (Phi) is 6.62. The first-order chi connectivity index (χ1) is 11.6. The maximum atomic E-state index is 12.2. The van der Waals surface area contributed by atoms with Crippen LogP contribution in [0.25, 0.3) is 0 Å². The van der Waals surface area contributed by atoms with Crippen LogP contribution in [0.1, 0.15) is 24.8 Å². The van der Waals surface area contributed by atoms with Gasteiger partial charge < -0.3 is 15.0 Å². The van der Waals surface area contributed by atoms with E-state index in [0.29, 0.717) is 31.3 Å². The number of ether oxygens (including phenoxy) is 1. The summed E-state index contributed by atoms with van der Waals surface area (Å²) in [4.78, 5) is 25.3. The van der Waals surface area contributed by atoms with Crippen LogP contribution in [0, 0.1) is 24.2 Å². The van der Waals surface area contributed by atoms with Gasteiger partial charge in [0.05, 0.1) is 6.07 Å². The highest BCUT2D eigenvalue weighted by Gasteiger charge is 2.23. The van der Waals surface area contributed by atoms with E-state index in [0.717, 1.165) is 18.4 Å². The molecule has 1 aromatic carbocycles. The zero-order valence-electron chi connectivity index (χ0n) is 14.0. The molecule has 0 radical (unpaired) electrons. The lowest BCUT2D eigenvalue weighted by atomic mass is 9.96. The van der Waals surface area contributed by atoms with Gasteiger partial charge in [-0.2, -0.15) is 5.26 Å². The average molecular weight is 329 g/mol. The van der Waals surface area contributed by atoms with E-state index < -0.39 is 0 Å². The van der Waals surface area contributed by atoms with E-state index in [4.69, 9.17) is 10.00 Å². The number of piperidine rings is 1. The molecule has 0 spiro atoms. The number of carbonyl (C=O) groups is 2. The van der Waals surface area contributed by atoms with E-state index in [1.54, 1.807) is 0 Å². The van der Waals surface area contributed by atoms with Crippen LogP contribution in [0.15, 0.2) is 24.3 Å². The first kappa shape index (κ1) is 17.8. The van der Waals surface area contributed by atoms with Crippen molar-refractivity contribution in [3.8, 4) is 11.8 Å². The Morgan fingerprint density at radius 3 is 2.58 bits per heavy atom. The van der Waals surface area contributed by atoms with Crippen LogP contribution in [0.3, 0.4) is 0 Å². The number of nitriles is 1. The molecule has 1 N–H and O–H groups in total. The Bertz CT molecular complexity index is 599. The molecular weight excluding hydrogens is 306 g/mol. The van der Waals surface area contributed by atoms with Crippen LogP contribution < -0.4 is 10.1 Å². The zero-order valence-corrected chi connectivity index (χ0v) is 14.0. The Morgan fingerprint density at radius 2 is 1.96 bits per heavy atom. The minimum Gasteiger partial charge on any atom is -0.484 e. The number of likely N-dealkylation sites (tertiary alicyclic amines) is 1. The van der Waals surface area contributed by atoms with E-state index in [9.17, 15) is 9.59 Å². The quantitative estimate of drug-likeness (QED) is 0.860. The standard InChI is InChI=1S/C18H23N3O3/c1-14-2-4-16(5-3-14)24-13-18(23)21-10-7-15(8-11-21)12-20-17(22)6-9-19/h2-5,15H,6-8,10-13H2,1H3,(H,20,22). The van der Waals surface area contributed by atoms with E-state index in [-0.39, 0.29) is 24.8 Å². The summed E-state index contributed by atoms with van der Waals surface area (Å²) in [5.74, 6) is 0.809. The molecule has 128 valence electrons. The molecule has 1 aromatic rings. The van der Waals surface area contributed by atoms with Crippen molar-refractivity contribution in [3.05, 3.63) is 29.8 Å². The Morgan fingerprint density at radius 1 is 1.29 bits per heavy atom. The van der Waals surface area contributed by atoms with Gasteiger partial charge in [0.25, 0.3) is 5.91 Å². The Hall–Kier alpha value is -2.55. The van der Waals surface area contributed by atoms with Crippen LogP contribution in [0.5, 0.6) is 5.75 Å². The number of benzene rings is 1. The molecule has 1 heterocycles. The maximum absolute atomic E-state index is 12.2. The van der Waals surface area contributed by atoms with Gasteiger partial charge in [0, 0.05) is 19.6 Å². The van der Waals surface area contributed by atoms with Crippen LogP contribution in [-0.4, -0.2) is 43.0 Å². The highest BCUT2D eigenvalue weighted by Crippen LogP contribution is 2.17. The largest absolute Gasteiger partial charge is 0.484 e. The number of aryl methyl sites for hydroxylation is 1. The first-order valence-electron chi connectivity index (χ1n) is 8.19. The molecule has 1 fully saturated rings. The lowest BCUT2D eigenvalue weighted by Gasteiger charge is -2.32. The topological polar surface area (TPSA) is 82.4 Å². The van der Waals surface area contributed by atoms with Gasteiger partial charge in [0.2, 0.25) is 5.91 Å². The summed E-state index contributed by atoms with van der Waals surface area (Å²) in [6, 6.07) is 9.45. The van der Waals surface area contributed by atoms with E-state index in [1.807, 2.05) is 42.2 Å². The van der Waals surface area contributed by atoms with Gasteiger partial charge in [-0.3, -0.25) is 9.59 Å². The van der Waals surface area contributed by atoms with Crippen molar-refractivity contribution in [1.29, 1.82) is 5.26 Å². The third-order valence-electron chi connectivity index (χ3n) is 4.18. The summed E-state index contributed by atoms with van der Waals surface area (Å²) in [5, 5.41) is 11.2. The Labute approximate surface area is 142 Å². The fourth-order valence-corrected chi connectivity index (χ4v) is 2.65. The average Bonchev–Trinajstić information content (AvgIpc) is 2.60. The zero-order chi connectivity index (χ0) is 17.4. The van der Waals surface area contributed by atoms with E-state index in [2.05, 4.69) is 5.32 Å². The molecular formula is C18H23N3O3. The van der Waals surface area contributed by atoms with Gasteiger partial charge in [-0.05, 0) is 37.8 Å². The predicted molar refractivity (Wildman–Crippen MR) is 89.2 cm³/mol. The van der Waals surface area contributed by atoms with Crippen molar-refractivity contribution in [2.24, 2.45) is 5.92 Å². The first-order valence-corrected chi connectivity index (χ1v) is 8.19. The van der Waals surface area contributed by atoms with Gasteiger partial charge in [-0.25, -0.2) is 0 Å². The SMILES string of the molecule is Cc1ccc(OCC(=O)N2CCC(CNC(=O)CC#N)CC2)cc1. The predicted octanol–water partition coefficient (Wildman–Crippen LogP) is 1.64. The normalized spacial score (nSPS) is 14.8. The van der Waals surface area contributed by atoms with Gasteiger partial charge in [0.1, 0.15) is 12.2 Å². The number of rotatable bonds is 6. The van der Waals surface area contributed by atoms with E-state index in [1.165, 1.54) is 0 Å². The molecule has 24 heavy (non-hydrogen) atoms. The summed E-state index contributed by atoms with van der Waals surface area (Å²) < 4.78 is 5.53. The minimum absolute atomic E-state index is 0.0115.